The zero-order valence-corrected chi connectivity index (χ0v) is 19.4. The molecule has 0 amide bonds. The highest BCUT2D eigenvalue weighted by Gasteiger charge is 2.17. The fourth-order valence-corrected chi connectivity index (χ4v) is 3.43. The van der Waals surface area contributed by atoms with Gasteiger partial charge in [-0.05, 0) is 16.7 Å². The van der Waals surface area contributed by atoms with Crippen LogP contribution in [0.1, 0.15) is 54.0 Å². The molecule has 2 aromatic carbocycles. The summed E-state index contributed by atoms with van der Waals surface area (Å²) in [5.41, 5.74) is 3.15. The Morgan fingerprint density at radius 3 is 2.21 bits per heavy atom. The second-order valence-corrected chi connectivity index (χ2v) is 9.04. The van der Waals surface area contributed by atoms with Crippen LogP contribution in [0.15, 0.2) is 71.8 Å². The van der Waals surface area contributed by atoms with Crippen molar-refractivity contribution in [3.05, 3.63) is 106 Å². The van der Waals surface area contributed by atoms with Crippen molar-refractivity contribution >= 4 is 6.29 Å². The van der Waals surface area contributed by atoms with Crippen LogP contribution < -0.4 is 10.3 Å². The van der Waals surface area contributed by atoms with Gasteiger partial charge in [0.2, 0.25) is 5.75 Å². The number of aldehydes is 1. The van der Waals surface area contributed by atoms with Crippen molar-refractivity contribution in [2.75, 3.05) is 0 Å². The molecule has 34 heavy (non-hydrogen) atoms. The van der Waals surface area contributed by atoms with Crippen LogP contribution in [0.25, 0.3) is 11.1 Å². The number of hydrogen-bond acceptors (Lipinski definition) is 6. The zero-order chi connectivity index (χ0) is 24.1. The number of carbonyl (C=O) groups is 1. The van der Waals surface area contributed by atoms with Crippen LogP contribution in [0, 0.1) is 0 Å². The predicted molar refractivity (Wildman–Crippen MR) is 130 cm³/mol. The van der Waals surface area contributed by atoms with Gasteiger partial charge in [-0.1, -0.05) is 75.4 Å². The number of benzene rings is 2. The molecule has 0 saturated heterocycles. The second-order valence-electron chi connectivity index (χ2n) is 9.04. The molecule has 172 valence electrons. The molecular weight excluding hydrogens is 428 g/mol. The molecule has 0 aliphatic rings. The third kappa shape index (κ3) is 5.43. The van der Waals surface area contributed by atoms with Gasteiger partial charge in [0.05, 0.1) is 0 Å². The molecule has 0 fully saturated rings. The highest BCUT2D eigenvalue weighted by molar-refractivity contribution is 5.75. The molecule has 0 radical (unpaired) electrons. The normalized spacial score (nSPS) is 11.3. The summed E-state index contributed by atoms with van der Waals surface area (Å²) in [5, 5.41) is 0. The van der Waals surface area contributed by atoms with Gasteiger partial charge in [0.25, 0.3) is 5.56 Å². The van der Waals surface area contributed by atoms with Gasteiger partial charge in [0.15, 0.2) is 12.0 Å². The lowest BCUT2D eigenvalue weighted by molar-refractivity contribution is 0.111. The molecule has 4 aromatic rings. The molecule has 0 atom stereocenters. The van der Waals surface area contributed by atoms with Crippen molar-refractivity contribution in [2.24, 2.45) is 0 Å². The Bertz CT molecular complexity index is 1320. The number of rotatable bonds is 7. The molecule has 0 unspecified atom stereocenters. The number of hydrogen-bond donors (Lipinski definition) is 1. The van der Waals surface area contributed by atoms with Crippen LogP contribution >= 0.6 is 0 Å². The molecule has 0 saturated carbocycles. The minimum atomic E-state index is -0.476. The summed E-state index contributed by atoms with van der Waals surface area (Å²) in [5.74, 6) is 1.12. The lowest BCUT2D eigenvalue weighted by Crippen LogP contribution is -2.18. The summed E-state index contributed by atoms with van der Waals surface area (Å²) in [6.45, 7) is 6.40. The number of ether oxygens (including phenoxy) is 1. The van der Waals surface area contributed by atoms with Gasteiger partial charge in [-0.2, -0.15) is 0 Å². The third-order valence-electron chi connectivity index (χ3n) is 5.27. The quantitative estimate of drug-likeness (QED) is 0.413. The maximum Gasteiger partial charge on any atom is 0.294 e. The predicted octanol–water partition coefficient (Wildman–Crippen LogP) is 4.51. The molecule has 2 heterocycles. The Balaban J connectivity index is 1.48. The third-order valence-corrected chi connectivity index (χ3v) is 5.27. The standard InChI is InChI=1S/C27H26N4O3/c1-27(2,3)26-28-14-21(15-29-26)20-11-9-18(10-12-20)13-23-30-22(16-32)24(25(33)31-23)34-17-19-7-5-4-6-8-19/h4-12,14-16H,13,17H2,1-3H3,(H,30,31,33). The van der Waals surface area contributed by atoms with Gasteiger partial charge >= 0.3 is 0 Å². The van der Waals surface area contributed by atoms with Crippen molar-refractivity contribution in [2.45, 2.75) is 39.2 Å². The van der Waals surface area contributed by atoms with E-state index < -0.39 is 5.56 Å². The number of nitrogens with zero attached hydrogens (tertiary/aromatic N) is 3. The summed E-state index contributed by atoms with van der Waals surface area (Å²) >= 11 is 0. The second kappa shape index (κ2) is 9.79. The molecule has 7 heteroatoms. The fraction of sp³-hybridized carbons (Fsp3) is 0.222. The first-order valence-corrected chi connectivity index (χ1v) is 11.0. The molecule has 0 aliphatic carbocycles. The van der Waals surface area contributed by atoms with Crippen LogP contribution in [-0.2, 0) is 18.4 Å². The largest absolute Gasteiger partial charge is 0.481 e. The molecule has 7 nitrogen and oxygen atoms in total. The van der Waals surface area contributed by atoms with Gasteiger partial charge < -0.3 is 9.72 Å². The Morgan fingerprint density at radius 1 is 0.912 bits per heavy atom. The molecule has 0 aliphatic heterocycles. The van der Waals surface area contributed by atoms with Crippen molar-refractivity contribution < 1.29 is 9.53 Å². The van der Waals surface area contributed by atoms with E-state index in [4.69, 9.17) is 4.74 Å². The maximum absolute atomic E-state index is 12.6. The minimum Gasteiger partial charge on any atom is -0.481 e. The highest BCUT2D eigenvalue weighted by atomic mass is 16.5. The van der Waals surface area contributed by atoms with Crippen molar-refractivity contribution in [1.82, 2.24) is 19.9 Å². The van der Waals surface area contributed by atoms with Gasteiger partial charge in [0.1, 0.15) is 18.3 Å². The summed E-state index contributed by atoms with van der Waals surface area (Å²) in [4.78, 5) is 40.2. The molecule has 1 N–H and O–H groups in total. The first-order chi connectivity index (χ1) is 16.3. The maximum atomic E-state index is 12.6. The Morgan fingerprint density at radius 2 is 1.59 bits per heavy atom. The van der Waals surface area contributed by atoms with Crippen molar-refractivity contribution in [3.63, 3.8) is 0 Å². The van der Waals surface area contributed by atoms with Gasteiger partial charge in [-0.15, -0.1) is 0 Å². The molecule has 0 bridgehead atoms. The average Bonchev–Trinajstić information content (AvgIpc) is 2.84. The number of aromatic nitrogens is 4. The Labute approximate surface area is 197 Å². The van der Waals surface area contributed by atoms with Gasteiger partial charge in [-0.3, -0.25) is 9.59 Å². The van der Waals surface area contributed by atoms with Crippen LogP contribution in [0.5, 0.6) is 5.75 Å². The Hall–Kier alpha value is -4.13. The van der Waals surface area contributed by atoms with Crippen LogP contribution in [0.3, 0.4) is 0 Å². The monoisotopic (exact) mass is 454 g/mol. The van der Waals surface area contributed by atoms with Crippen LogP contribution in [0.4, 0.5) is 0 Å². The summed E-state index contributed by atoms with van der Waals surface area (Å²) < 4.78 is 5.59. The van der Waals surface area contributed by atoms with E-state index in [1.54, 1.807) is 0 Å². The number of carbonyl (C=O) groups excluding carboxylic acids is 1. The molecular formula is C27H26N4O3. The van der Waals surface area contributed by atoms with E-state index in [-0.39, 0.29) is 23.5 Å². The molecule has 0 spiro atoms. The van der Waals surface area contributed by atoms with Gasteiger partial charge in [0, 0.05) is 29.8 Å². The number of H-pyrrole nitrogens is 1. The van der Waals surface area contributed by atoms with E-state index in [1.807, 2.05) is 67.0 Å². The van der Waals surface area contributed by atoms with E-state index in [2.05, 4.69) is 40.7 Å². The van der Waals surface area contributed by atoms with E-state index in [9.17, 15) is 9.59 Å². The number of aromatic amines is 1. The van der Waals surface area contributed by atoms with Crippen molar-refractivity contribution in [3.8, 4) is 16.9 Å². The van der Waals surface area contributed by atoms with Gasteiger partial charge in [-0.25, -0.2) is 15.0 Å². The first-order valence-electron chi connectivity index (χ1n) is 11.0. The zero-order valence-electron chi connectivity index (χ0n) is 19.4. The Kier molecular flexibility index (Phi) is 6.63. The summed E-state index contributed by atoms with van der Waals surface area (Å²) in [6, 6.07) is 17.3. The van der Waals surface area contributed by atoms with E-state index in [0.29, 0.717) is 18.5 Å². The molecule has 2 aromatic heterocycles. The molecule has 4 rings (SSSR count). The van der Waals surface area contributed by atoms with Crippen LogP contribution in [0.2, 0.25) is 0 Å². The number of nitrogens with one attached hydrogen (secondary N) is 1. The fourth-order valence-electron chi connectivity index (χ4n) is 3.43. The highest BCUT2D eigenvalue weighted by Crippen LogP contribution is 2.22. The average molecular weight is 455 g/mol. The smallest absolute Gasteiger partial charge is 0.294 e. The van der Waals surface area contributed by atoms with Crippen LogP contribution in [-0.4, -0.2) is 26.2 Å². The minimum absolute atomic E-state index is 0.0117. The SMILES string of the molecule is CC(C)(C)c1ncc(-c2ccc(Cc3nc(C=O)c(OCc4ccccc4)c(=O)[nH]3)cc2)cn1. The first kappa shape index (κ1) is 23.0. The summed E-state index contributed by atoms with van der Waals surface area (Å²) in [7, 11) is 0. The topological polar surface area (TPSA) is 97.8 Å². The lowest BCUT2D eigenvalue weighted by atomic mass is 9.95. The lowest BCUT2D eigenvalue weighted by Gasteiger charge is -2.16. The van der Waals surface area contributed by atoms with E-state index in [1.165, 1.54) is 0 Å². The van der Waals surface area contributed by atoms with Crippen molar-refractivity contribution in [1.29, 1.82) is 0 Å². The van der Waals surface area contributed by atoms with E-state index in [0.717, 1.165) is 28.1 Å². The van der Waals surface area contributed by atoms with E-state index >= 15 is 0 Å². The summed E-state index contributed by atoms with van der Waals surface area (Å²) in [6.07, 6.45) is 4.57.